The molecule has 0 unspecified atom stereocenters. The van der Waals surface area contributed by atoms with Crippen LogP contribution in [-0.4, -0.2) is 53.1 Å². The number of esters is 1. The van der Waals surface area contributed by atoms with Crippen molar-refractivity contribution in [1.82, 2.24) is 0 Å². The molecular formula is C30H37F3O6. The van der Waals surface area contributed by atoms with E-state index in [-0.39, 0.29) is 30.6 Å². The zero-order chi connectivity index (χ0) is 29.2. The highest BCUT2D eigenvalue weighted by molar-refractivity contribution is 5.99. The monoisotopic (exact) mass is 550 g/mol. The quantitative estimate of drug-likeness (QED) is 0.395. The number of ether oxygens (including phenoxy) is 2. The van der Waals surface area contributed by atoms with Crippen molar-refractivity contribution in [2.45, 2.75) is 83.0 Å². The van der Waals surface area contributed by atoms with Crippen LogP contribution in [0.5, 0.6) is 0 Å². The van der Waals surface area contributed by atoms with Crippen LogP contribution in [0, 0.1) is 22.2 Å². The molecule has 0 heterocycles. The van der Waals surface area contributed by atoms with E-state index in [4.69, 9.17) is 9.47 Å². The number of aliphatic hydroxyl groups is 2. The van der Waals surface area contributed by atoms with E-state index in [1.807, 2.05) is 6.92 Å². The maximum Gasteiger partial charge on any atom is 0.432 e. The summed E-state index contributed by atoms with van der Waals surface area (Å²) in [5.41, 5.74) is -8.04. The van der Waals surface area contributed by atoms with Crippen LogP contribution >= 0.6 is 0 Å². The number of hydrogen-bond acceptors (Lipinski definition) is 6. The number of methoxy groups -OCH3 is 1. The Bertz CT molecular complexity index is 1190. The van der Waals surface area contributed by atoms with Crippen molar-refractivity contribution in [3.05, 3.63) is 60.2 Å². The van der Waals surface area contributed by atoms with E-state index in [0.717, 1.165) is 19.2 Å². The number of allylic oxidation sites excluding steroid dienone is 2. The molecule has 0 bridgehead atoms. The second-order valence-corrected chi connectivity index (χ2v) is 12.3. The first-order valence-corrected chi connectivity index (χ1v) is 13.1. The van der Waals surface area contributed by atoms with Gasteiger partial charge in [0.25, 0.3) is 5.60 Å². The number of Topliss-reactive ketones (excluding diaryl/α,β-unsaturated/α-hetero) is 1. The Morgan fingerprint density at radius 1 is 1.13 bits per heavy atom. The molecular weight excluding hydrogens is 513 g/mol. The van der Waals surface area contributed by atoms with Gasteiger partial charge >= 0.3 is 12.1 Å². The molecule has 0 amide bonds. The van der Waals surface area contributed by atoms with Gasteiger partial charge in [-0.1, -0.05) is 70.2 Å². The number of carbonyl (C=O) groups is 2. The second-order valence-electron chi connectivity index (χ2n) is 12.3. The highest BCUT2D eigenvalue weighted by Gasteiger charge is 2.71. The average Bonchev–Trinajstić information content (AvgIpc) is 2.86. The van der Waals surface area contributed by atoms with Gasteiger partial charge in [-0.3, -0.25) is 4.79 Å². The molecule has 0 spiro atoms. The minimum Gasteiger partial charge on any atom is -0.459 e. The molecule has 2 saturated carbocycles. The van der Waals surface area contributed by atoms with Gasteiger partial charge in [-0.2, -0.15) is 13.2 Å². The Hall–Kier alpha value is -2.49. The fraction of sp³-hybridized carbons (Fsp3) is 0.600. The van der Waals surface area contributed by atoms with Crippen molar-refractivity contribution in [3.63, 3.8) is 0 Å². The van der Waals surface area contributed by atoms with Crippen LogP contribution in [0.15, 0.2) is 54.6 Å². The van der Waals surface area contributed by atoms with Gasteiger partial charge in [-0.25, -0.2) is 4.79 Å². The zero-order valence-electron chi connectivity index (χ0n) is 23.0. The van der Waals surface area contributed by atoms with Crippen LogP contribution in [0.1, 0.15) is 58.9 Å². The fourth-order valence-electron chi connectivity index (χ4n) is 7.25. The SMILES string of the molecule is C=C[C@]1(C)C=C2C(=O)C[C@H]3C(C)(C)[C@@H](OC(=O)[C@](OC)(c4ccccc4)C(F)(F)F)C[C@@H](O)[C@]3(C)[C@@]2(O)CC1. The molecule has 214 valence electrons. The molecule has 7 atom stereocenters. The summed E-state index contributed by atoms with van der Waals surface area (Å²) in [6.07, 6.45) is -3.75. The van der Waals surface area contributed by atoms with Gasteiger partial charge in [0.05, 0.1) is 6.10 Å². The van der Waals surface area contributed by atoms with Crippen LogP contribution in [0.2, 0.25) is 0 Å². The summed E-state index contributed by atoms with van der Waals surface area (Å²) in [5.74, 6) is -2.65. The highest BCUT2D eigenvalue weighted by Crippen LogP contribution is 2.65. The topological polar surface area (TPSA) is 93.1 Å². The maximum atomic E-state index is 14.5. The molecule has 4 rings (SSSR count). The molecule has 39 heavy (non-hydrogen) atoms. The smallest absolute Gasteiger partial charge is 0.432 e. The molecule has 9 heteroatoms. The van der Waals surface area contributed by atoms with Crippen molar-refractivity contribution in [2.24, 2.45) is 22.2 Å². The number of hydrogen-bond donors (Lipinski definition) is 2. The largest absolute Gasteiger partial charge is 0.459 e. The van der Waals surface area contributed by atoms with Gasteiger partial charge in [-0.05, 0) is 18.8 Å². The zero-order valence-corrected chi connectivity index (χ0v) is 23.0. The van der Waals surface area contributed by atoms with Crippen LogP contribution in [-0.2, 0) is 24.7 Å². The predicted octanol–water partition coefficient (Wildman–Crippen LogP) is 5.03. The third-order valence-corrected chi connectivity index (χ3v) is 10.00. The molecule has 0 aromatic heterocycles. The Morgan fingerprint density at radius 2 is 1.74 bits per heavy atom. The van der Waals surface area contributed by atoms with Gasteiger partial charge in [0.2, 0.25) is 0 Å². The molecule has 1 aromatic carbocycles. The second kappa shape index (κ2) is 9.28. The minimum absolute atomic E-state index is 0.0661. The van der Waals surface area contributed by atoms with Gasteiger partial charge in [0.1, 0.15) is 11.7 Å². The van der Waals surface area contributed by atoms with E-state index in [2.05, 4.69) is 6.58 Å². The molecule has 3 aliphatic rings. The van der Waals surface area contributed by atoms with Crippen LogP contribution in [0.4, 0.5) is 13.2 Å². The molecule has 2 N–H and O–H groups in total. The van der Waals surface area contributed by atoms with Crippen molar-refractivity contribution in [2.75, 3.05) is 7.11 Å². The first-order chi connectivity index (χ1) is 17.9. The lowest BCUT2D eigenvalue weighted by Crippen LogP contribution is -2.71. The minimum atomic E-state index is -5.15. The molecule has 3 aliphatic carbocycles. The van der Waals surface area contributed by atoms with Crippen molar-refractivity contribution < 1.29 is 42.4 Å². The number of aliphatic hydroxyl groups excluding tert-OH is 1. The Balaban J connectivity index is 1.74. The lowest BCUT2D eigenvalue weighted by molar-refractivity contribution is -0.287. The number of alkyl halides is 3. The molecule has 2 fully saturated rings. The fourth-order valence-corrected chi connectivity index (χ4v) is 7.25. The lowest BCUT2D eigenvalue weighted by Gasteiger charge is -2.65. The number of carbonyl (C=O) groups excluding carboxylic acids is 2. The van der Waals surface area contributed by atoms with Gasteiger partial charge in [0.15, 0.2) is 5.78 Å². The van der Waals surface area contributed by atoms with Gasteiger partial charge in [0, 0.05) is 47.3 Å². The predicted molar refractivity (Wildman–Crippen MR) is 137 cm³/mol. The van der Waals surface area contributed by atoms with Crippen molar-refractivity contribution in [3.8, 4) is 0 Å². The van der Waals surface area contributed by atoms with Crippen molar-refractivity contribution in [1.29, 1.82) is 0 Å². The van der Waals surface area contributed by atoms with Gasteiger partial charge < -0.3 is 19.7 Å². The number of benzene rings is 1. The van der Waals surface area contributed by atoms with E-state index in [1.165, 1.54) is 18.2 Å². The molecule has 0 aliphatic heterocycles. The standard InChI is InChI=1S/C30H37F3O6/c1-7-26(4)13-14-28(37)19(17-26)20(34)15-21-25(2,3)23(16-22(35)27(21,28)5)39-24(36)29(38-6,30(31,32)33)18-11-9-8-10-12-18/h7-12,17,21-23,35,37H,1,13-16H2,2-6H3/t21-,22+,23-,26-,27+,28+,29+/m0/s1. The van der Waals surface area contributed by atoms with E-state index in [0.29, 0.717) is 6.42 Å². The lowest BCUT2D eigenvalue weighted by atomic mass is 9.42. The summed E-state index contributed by atoms with van der Waals surface area (Å²) in [7, 11) is 0.795. The average molecular weight is 551 g/mol. The number of fused-ring (bicyclic) bond motifs is 3. The highest BCUT2D eigenvalue weighted by atomic mass is 19.4. The van der Waals surface area contributed by atoms with Gasteiger partial charge in [-0.15, -0.1) is 6.58 Å². The van der Waals surface area contributed by atoms with E-state index in [1.54, 1.807) is 32.9 Å². The van der Waals surface area contributed by atoms with E-state index in [9.17, 15) is 33.0 Å². The summed E-state index contributed by atoms with van der Waals surface area (Å²) in [6, 6.07) is 6.52. The maximum absolute atomic E-state index is 14.5. The van der Waals surface area contributed by atoms with E-state index >= 15 is 0 Å². The first-order valence-electron chi connectivity index (χ1n) is 13.1. The first kappa shape index (κ1) is 29.5. The van der Waals surface area contributed by atoms with E-state index < -0.39 is 63.3 Å². The Morgan fingerprint density at radius 3 is 2.28 bits per heavy atom. The number of halogens is 3. The molecule has 0 saturated heterocycles. The summed E-state index contributed by atoms with van der Waals surface area (Å²) in [4.78, 5) is 26.9. The van der Waals surface area contributed by atoms with Crippen LogP contribution in [0.3, 0.4) is 0 Å². The molecule has 6 nitrogen and oxygen atoms in total. The normalized spacial score (nSPS) is 37.5. The molecule has 1 aromatic rings. The molecule has 0 radical (unpaired) electrons. The summed E-state index contributed by atoms with van der Waals surface area (Å²) < 4.78 is 53.9. The van der Waals surface area contributed by atoms with Crippen molar-refractivity contribution >= 4 is 11.8 Å². The van der Waals surface area contributed by atoms with Crippen LogP contribution in [0.25, 0.3) is 0 Å². The number of ketones is 1. The summed E-state index contributed by atoms with van der Waals surface area (Å²) in [5, 5.41) is 23.6. The summed E-state index contributed by atoms with van der Waals surface area (Å²) >= 11 is 0. The third-order valence-electron chi connectivity index (χ3n) is 10.00. The van der Waals surface area contributed by atoms with Crippen LogP contribution < -0.4 is 0 Å². The Labute approximate surface area is 226 Å². The number of rotatable bonds is 5. The summed E-state index contributed by atoms with van der Waals surface area (Å²) in [6.45, 7) is 10.9. The Kier molecular flexibility index (Phi) is 7.02. The third kappa shape index (κ3) is 4.03.